The molecule has 2 aliphatic carbocycles. The molecule has 0 unspecified atom stereocenters. The molecule has 126 heavy (non-hydrogen) atoms. The monoisotopic (exact) mass is 1700 g/mol. The predicted molar refractivity (Wildman–Crippen MR) is 508 cm³/mol. The summed E-state index contributed by atoms with van der Waals surface area (Å²) >= 11 is 0. The number of carbonyl (C=O) groups excluding carboxylic acids is 6. The highest BCUT2D eigenvalue weighted by molar-refractivity contribution is 6.09. The molecule has 13 rings (SSSR count). The van der Waals surface area contributed by atoms with Gasteiger partial charge in [0.1, 0.15) is 23.0 Å². The molecule has 2 fully saturated rings. The van der Waals surface area contributed by atoms with Crippen molar-refractivity contribution < 1.29 is 61.9 Å². The summed E-state index contributed by atoms with van der Waals surface area (Å²) < 4.78 is 40.5. The van der Waals surface area contributed by atoms with E-state index in [1.54, 1.807) is 48.5 Å². The van der Waals surface area contributed by atoms with Crippen molar-refractivity contribution in [2.24, 2.45) is 23.7 Å². The third kappa shape index (κ3) is 29.3. The van der Waals surface area contributed by atoms with Crippen LogP contribution in [0.4, 0.5) is 0 Å². The molecule has 0 bridgehead atoms. The molecular formula is C113H132O13. The Morgan fingerprint density at radius 3 is 1.23 bits per heavy atom. The molecule has 0 N–H and O–H groups in total. The largest absolute Gasteiger partial charge is 0.494 e. The maximum atomic E-state index is 13.5. The number of esters is 6. The van der Waals surface area contributed by atoms with E-state index in [9.17, 15) is 28.8 Å². The first kappa shape index (κ1) is 95.2. The average Bonchev–Trinajstić information content (AvgIpc) is 0.755. The Kier molecular flexibility index (Phi) is 37.8. The van der Waals surface area contributed by atoms with Crippen LogP contribution in [0.1, 0.15) is 331 Å². The van der Waals surface area contributed by atoms with Gasteiger partial charge in [-0.15, -0.1) is 0 Å². The lowest BCUT2D eigenvalue weighted by molar-refractivity contribution is -0.0823. The lowest BCUT2D eigenvalue weighted by atomic mass is 9.77. The summed E-state index contributed by atoms with van der Waals surface area (Å²) in [6.45, 7) is 20.2. The second-order valence-electron chi connectivity index (χ2n) is 35.4. The van der Waals surface area contributed by atoms with Gasteiger partial charge in [-0.2, -0.15) is 0 Å². The Hall–Kier alpha value is -11.4. The Bertz CT molecular complexity index is 5100. The molecule has 13 heteroatoms. The van der Waals surface area contributed by atoms with Crippen LogP contribution in [-0.2, 0) is 27.1 Å². The van der Waals surface area contributed by atoms with Crippen LogP contribution in [0, 0.1) is 23.7 Å². The summed E-state index contributed by atoms with van der Waals surface area (Å²) in [5.74, 6) is 3.18. The predicted octanol–water partition coefficient (Wildman–Crippen LogP) is 30.0. The van der Waals surface area contributed by atoms with E-state index in [1.165, 1.54) is 151 Å². The fraction of sp³-hybridized carbons (Fsp3) is 0.398. The van der Waals surface area contributed by atoms with Crippen molar-refractivity contribution in [1.29, 1.82) is 0 Å². The summed E-state index contributed by atoms with van der Waals surface area (Å²) in [6, 6.07) is 77.0. The Morgan fingerprint density at radius 1 is 0.333 bits per heavy atom. The minimum Gasteiger partial charge on any atom is -0.494 e. The highest BCUT2D eigenvalue weighted by Crippen LogP contribution is 2.45. The van der Waals surface area contributed by atoms with Crippen LogP contribution < -0.4 is 18.9 Å². The Labute approximate surface area is 749 Å². The standard InChI is InChI=1S/C43H56O4.C42H38O4.C28H38O5/c1-3-5-8-12-32-16-20-34(21-17-32)36-24-28-38(29-25-36)41(44)46-43(40-14-10-7-11-15-40)47-42(45)39-30-26-37(27-31-39)35-22-18-33(19-23-35)13-9-6-4-2;1-27(2)23-29-13-17-32(18-14-29)41(43)45-35-25-34-10-6-7-11-36(34)38(26-35)40-37-12-8-5-9-31(37)21-22-39(40)46-42(44)33-19-15-30(16-20-33)24-28(3)4;1-4-6-8-10-12-22(3)32-27(29)23-15-19-26(20-16-23)33-28(30)24-13-17-25(18-14-24)31-21-11-9-7-5-2/h7,10-11,14-15,24-35,43H,3-6,8-9,12-13,16-23H2,1-2H3;5-22,25-28H,23-24H2,1-4H3;13-20,22H,4-12,21H2,1-3H3/t;;22-/m..1/s1. The van der Waals surface area contributed by atoms with Crippen molar-refractivity contribution in [3.8, 4) is 34.1 Å². The number of benzene rings is 11. The molecule has 2 aliphatic rings. The van der Waals surface area contributed by atoms with Gasteiger partial charge in [0.2, 0.25) is 0 Å². The van der Waals surface area contributed by atoms with Gasteiger partial charge in [0.15, 0.2) is 0 Å². The van der Waals surface area contributed by atoms with Crippen LogP contribution >= 0.6 is 0 Å². The first-order valence-corrected chi connectivity index (χ1v) is 46.9. The topological polar surface area (TPSA) is 167 Å². The van der Waals surface area contributed by atoms with Crippen LogP contribution in [0.5, 0.6) is 23.0 Å². The van der Waals surface area contributed by atoms with Gasteiger partial charge in [0, 0.05) is 11.1 Å². The highest BCUT2D eigenvalue weighted by atomic mass is 16.7. The molecule has 2 saturated carbocycles. The van der Waals surface area contributed by atoms with Crippen molar-refractivity contribution in [3.05, 3.63) is 310 Å². The van der Waals surface area contributed by atoms with Gasteiger partial charge < -0.3 is 33.2 Å². The van der Waals surface area contributed by atoms with Crippen molar-refractivity contribution in [1.82, 2.24) is 0 Å². The number of carbonyl (C=O) groups is 6. The third-order valence-corrected chi connectivity index (χ3v) is 24.4. The molecule has 0 radical (unpaired) electrons. The Morgan fingerprint density at radius 2 is 0.738 bits per heavy atom. The van der Waals surface area contributed by atoms with E-state index in [1.807, 2.05) is 183 Å². The molecule has 0 aliphatic heterocycles. The number of fused-ring (bicyclic) bond motifs is 2. The lowest BCUT2D eigenvalue weighted by Gasteiger charge is -2.29. The van der Waals surface area contributed by atoms with Gasteiger partial charge in [-0.1, -0.05) is 279 Å². The second kappa shape index (κ2) is 50.0. The smallest absolute Gasteiger partial charge is 0.343 e. The summed E-state index contributed by atoms with van der Waals surface area (Å²) in [6.07, 6.45) is 31.5. The van der Waals surface area contributed by atoms with E-state index in [2.05, 4.69) is 79.7 Å². The zero-order valence-electron chi connectivity index (χ0n) is 75.9. The number of ether oxygens (including phenoxy) is 7. The quantitative estimate of drug-likeness (QED) is 0.0155. The van der Waals surface area contributed by atoms with E-state index < -0.39 is 36.1 Å². The minimum absolute atomic E-state index is 0.116. The van der Waals surface area contributed by atoms with Crippen LogP contribution in [0.25, 0.3) is 32.7 Å². The van der Waals surface area contributed by atoms with Gasteiger partial charge in [0.05, 0.1) is 46.1 Å². The number of hydrogen-bond acceptors (Lipinski definition) is 13. The van der Waals surface area contributed by atoms with Crippen LogP contribution in [0.2, 0.25) is 0 Å². The molecule has 662 valence electrons. The molecule has 1 atom stereocenters. The first-order valence-electron chi connectivity index (χ1n) is 46.9. The number of hydrogen-bond donors (Lipinski definition) is 0. The first-order chi connectivity index (χ1) is 61.3. The summed E-state index contributed by atoms with van der Waals surface area (Å²) in [5.41, 5.74) is 9.91. The molecule has 11 aromatic carbocycles. The van der Waals surface area contributed by atoms with Gasteiger partial charge in [-0.05, 0) is 291 Å². The van der Waals surface area contributed by atoms with Crippen LogP contribution in [0.3, 0.4) is 0 Å². The van der Waals surface area contributed by atoms with Crippen LogP contribution in [0.15, 0.2) is 249 Å². The van der Waals surface area contributed by atoms with Gasteiger partial charge in [-0.25, -0.2) is 28.8 Å². The lowest BCUT2D eigenvalue weighted by Crippen LogP contribution is -2.19. The second-order valence-corrected chi connectivity index (χ2v) is 35.4. The number of rotatable bonds is 39. The molecule has 13 nitrogen and oxygen atoms in total. The van der Waals surface area contributed by atoms with Crippen molar-refractivity contribution >= 4 is 57.4 Å². The zero-order valence-corrected chi connectivity index (χ0v) is 75.9. The fourth-order valence-electron chi connectivity index (χ4n) is 17.2. The van der Waals surface area contributed by atoms with E-state index in [0.717, 1.165) is 95.2 Å². The SMILES string of the molecule is CC(C)Cc1ccc(C(=O)Oc2cc(-c3c(OC(=O)c4ccc(CC(C)C)cc4)ccc4ccccc34)c3ccccc3c2)cc1.CCCCCC1CCC(c2ccc(C(=O)OC(OC(=O)c3ccc(C4CCC(CCCCC)CC4)cc3)c3ccccc3)cc2)CC1.CCCCCCOc1ccc(C(=O)Oc2ccc(C(=O)O[C@H](C)CCCCCC)cc2)cc1. The normalized spacial score (nSPS) is 15.4. The maximum absolute atomic E-state index is 13.5. The van der Waals surface area contributed by atoms with Crippen LogP contribution in [-0.4, -0.2) is 48.5 Å². The fourth-order valence-corrected chi connectivity index (χ4v) is 17.2. The van der Waals surface area contributed by atoms with Crippen molar-refractivity contribution in [3.63, 3.8) is 0 Å². The zero-order chi connectivity index (χ0) is 88.9. The highest BCUT2D eigenvalue weighted by Gasteiger charge is 2.29. The molecular weight excluding hydrogens is 1570 g/mol. The van der Waals surface area contributed by atoms with E-state index in [0.29, 0.717) is 86.5 Å². The van der Waals surface area contributed by atoms with Crippen molar-refractivity contribution in [2.45, 2.75) is 260 Å². The van der Waals surface area contributed by atoms with E-state index in [4.69, 9.17) is 33.2 Å². The molecule has 0 saturated heterocycles. The minimum atomic E-state index is -1.14. The van der Waals surface area contributed by atoms with E-state index in [-0.39, 0.29) is 12.1 Å². The molecule has 0 amide bonds. The Balaban J connectivity index is 0.000000187. The molecule has 0 heterocycles. The van der Waals surface area contributed by atoms with Gasteiger partial charge >= 0.3 is 35.8 Å². The third-order valence-electron chi connectivity index (χ3n) is 24.4. The van der Waals surface area contributed by atoms with E-state index >= 15 is 0 Å². The van der Waals surface area contributed by atoms with Gasteiger partial charge in [-0.3, -0.25) is 0 Å². The number of unbranched alkanes of at least 4 members (excludes halogenated alkanes) is 10. The molecule has 0 aromatic heterocycles. The summed E-state index contributed by atoms with van der Waals surface area (Å²) in [4.78, 5) is 78.1. The summed E-state index contributed by atoms with van der Waals surface area (Å²) in [7, 11) is 0. The molecule has 0 spiro atoms. The summed E-state index contributed by atoms with van der Waals surface area (Å²) in [5, 5.41) is 3.78. The average molecular weight is 1700 g/mol. The van der Waals surface area contributed by atoms with Gasteiger partial charge in [0.25, 0.3) is 6.29 Å². The maximum Gasteiger partial charge on any atom is 0.343 e. The molecule has 11 aromatic rings. The van der Waals surface area contributed by atoms with Crippen molar-refractivity contribution in [2.75, 3.05) is 6.61 Å².